The Balaban J connectivity index is 1.71. The highest BCUT2D eigenvalue weighted by molar-refractivity contribution is 7.16. The van der Waals surface area contributed by atoms with E-state index in [-0.39, 0.29) is 23.5 Å². The zero-order valence-corrected chi connectivity index (χ0v) is 15.8. The van der Waals surface area contributed by atoms with Gasteiger partial charge in [0, 0.05) is 35.0 Å². The first kappa shape index (κ1) is 17.3. The lowest BCUT2D eigenvalue weighted by molar-refractivity contribution is -0.0956. The van der Waals surface area contributed by atoms with E-state index in [1.165, 1.54) is 16.5 Å². The van der Waals surface area contributed by atoms with Crippen LogP contribution in [-0.2, 0) is 16.8 Å². The number of fused-ring (bicyclic) bond motifs is 2. The van der Waals surface area contributed by atoms with Gasteiger partial charge in [0.2, 0.25) is 0 Å². The SMILES string of the molecule is COc1ccc([C@@H]2C[C@]3(C[C@H](C)N2)OCCc2cc(Cl)sc23)c(F)c1. The van der Waals surface area contributed by atoms with Crippen molar-refractivity contribution in [3.8, 4) is 5.75 Å². The lowest BCUT2D eigenvalue weighted by Crippen LogP contribution is -2.49. The van der Waals surface area contributed by atoms with Crippen molar-refractivity contribution < 1.29 is 13.9 Å². The summed E-state index contributed by atoms with van der Waals surface area (Å²) < 4.78 is 26.9. The second-order valence-electron chi connectivity index (χ2n) is 6.91. The van der Waals surface area contributed by atoms with E-state index >= 15 is 0 Å². The predicted octanol–water partition coefficient (Wildman–Crippen LogP) is 4.83. The first-order chi connectivity index (χ1) is 12.0. The third-order valence-corrected chi connectivity index (χ3v) is 6.67. The number of thiophene rings is 1. The fraction of sp³-hybridized carbons (Fsp3) is 0.474. The monoisotopic (exact) mass is 381 g/mol. The molecule has 4 rings (SSSR count). The standard InChI is InChI=1S/C19H21ClFNO2S/c1-11-9-19(18-12(5-6-24-19)7-17(20)25-18)10-16(22-11)14-4-3-13(23-2)8-15(14)21/h3-4,7-8,11,16,22H,5-6,9-10H2,1-2H3/t11-,16-,19-/m0/s1. The molecule has 1 aromatic heterocycles. The van der Waals surface area contributed by atoms with Gasteiger partial charge in [-0.1, -0.05) is 17.7 Å². The molecule has 25 heavy (non-hydrogen) atoms. The highest BCUT2D eigenvalue weighted by atomic mass is 35.5. The Kier molecular flexibility index (Phi) is 4.52. The Hall–Kier alpha value is -1.14. The van der Waals surface area contributed by atoms with Crippen molar-refractivity contribution in [3.05, 3.63) is 50.4 Å². The van der Waals surface area contributed by atoms with Crippen LogP contribution in [0.25, 0.3) is 0 Å². The van der Waals surface area contributed by atoms with E-state index in [1.807, 2.05) is 6.07 Å². The number of hydrogen-bond donors (Lipinski definition) is 1. The highest BCUT2D eigenvalue weighted by Crippen LogP contribution is 2.50. The molecular weight excluding hydrogens is 361 g/mol. The predicted molar refractivity (Wildman–Crippen MR) is 98.2 cm³/mol. The Labute approximate surface area is 156 Å². The summed E-state index contributed by atoms with van der Waals surface area (Å²) in [5.41, 5.74) is 1.56. The molecule has 2 aliphatic heterocycles. The van der Waals surface area contributed by atoms with Gasteiger partial charge in [0.1, 0.15) is 17.2 Å². The van der Waals surface area contributed by atoms with Gasteiger partial charge in [-0.25, -0.2) is 4.39 Å². The summed E-state index contributed by atoms with van der Waals surface area (Å²) in [6.07, 6.45) is 2.46. The van der Waals surface area contributed by atoms with Gasteiger partial charge in [-0.05, 0) is 37.5 Å². The number of benzene rings is 1. The normalized spacial score (nSPS) is 28.8. The first-order valence-corrected chi connectivity index (χ1v) is 9.72. The van der Waals surface area contributed by atoms with E-state index in [2.05, 4.69) is 18.3 Å². The Morgan fingerprint density at radius 2 is 2.20 bits per heavy atom. The molecule has 0 unspecified atom stereocenters. The average Bonchev–Trinajstić information content (AvgIpc) is 2.96. The molecule has 0 amide bonds. The molecule has 1 spiro atoms. The van der Waals surface area contributed by atoms with Crippen molar-refractivity contribution in [2.75, 3.05) is 13.7 Å². The van der Waals surface area contributed by atoms with Crippen LogP contribution in [0, 0.1) is 5.82 Å². The number of ether oxygens (including phenoxy) is 2. The lowest BCUT2D eigenvalue weighted by atomic mass is 9.78. The Morgan fingerprint density at radius 3 is 2.96 bits per heavy atom. The molecule has 3 heterocycles. The van der Waals surface area contributed by atoms with E-state index < -0.39 is 0 Å². The molecule has 1 fully saturated rings. The van der Waals surface area contributed by atoms with Crippen LogP contribution in [0.15, 0.2) is 24.3 Å². The number of hydrogen-bond acceptors (Lipinski definition) is 4. The van der Waals surface area contributed by atoms with Crippen molar-refractivity contribution in [2.45, 2.75) is 43.9 Å². The maximum absolute atomic E-state index is 14.6. The second kappa shape index (κ2) is 6.54. The second-order valence-corrected chi connectivity index (χ2v) is 8.60. The summed E-state index contributed by atoms with van der Waals surface area (Å²) in [6, 6.07) is 7.22. The van der Waals surface area contributed by atoms with Gasteiger partial charge >= 0.3 is 0 Å². The largest absolute Gasteiger partial charge is 0.497 e. The molecule has 1 aromatic carbocycles. The number of piperidine rings is 1. The van der Waals surface area contributed by atoms with E-state index in [4.69, 9.17) is 21.1 Å². The smallest absolute Gasteiger partial charge is 0.131 e. The summed E-state index contributed by atoms with van der Waals surface area (Å²) in [4.78, 5) is 1.22. The number of nitrogens with one attached hydrogen (secondary N) is 1. The molecule has 2 aliphatic rings. The Morgan fingerprint density at radius 1 is 1.36 bits per heavy atom. The van der Waals surface area contributed by atoms with E-state index in [9.17, 15) is 4.39 Å². The summed E-state index contributed by atoms with van der Waals surface area (Å²) in [5.74, 6) is 0.280. The molecule has 1 N–H and O–H groups in total. The van der Waals surface area contributed by atoms with Crippen LogP contribution in [0.5, 0.6) is 5.75 Å². The summed E-state index contributed by atoms with van der Waals surface area (Å²) >= 11 is 7.88. The van der Waals surface area contributed by atoms with Gasteiger partial charge in [-0.2, -0.15) is 0 Å². The van der Waals surface area contributed by atoms with E-state index in [1.54, 1.807) is 24.5 Å². The minimum Gasteiger partial charge on any atom is -0.497 e. The van der Waals surface area contributed by atoms with Crippen molar-refractivity contribution in [1.29, 1.82) is 0 Å². The number of rotatable bonds is 2. The summed E-state index contributed by atoms with van der Waals surface area (Å²) in [7, 11) is 1.54. The van der Waals surface area contributed by atoms with Gasteiger partial charge in [-0.3, -0.25) is 0 Å². The molecule has 3 nitrogen and oxygen atoms in total. The lowest BCUT2D eigenvalue weighted by Gasteiger charge is -2.46. The molecule has 134 valence electrons. The molecule has 0 bridgehead atoms. The van der Waals surface area contributed by atoms with Crippen LogP contribution < -0.4 is 10.1 Å². The van der Waals surface area contributed by atoms with Crippen molar-refractivity contribution in [1.82, 2.24) is 5.32 Å². The third-order valence-electron chi connectivity index (χ3n) is 5.18. The minimum atomic E-state index is -0.382. The fourth-order valence-electron chi connectivity index (χ4n) is 4.18. The molecule has 0 aliphatic carbocycles. The van der Waals surface area contributed by atoms with Crippen LogP contribution in [0.3, 0.4) is 0 Å². The van der Waals surface area contributed by atoms with Crippen LogP contribution in [-0.4, -0.2) is 19.8 Å². The molecule has 1 saturated heterocycles. The zero-order chi connectivity index (χ0) is 17.6. The first-order valence-electron chi connectivity index (χ1n) is 8.53. The zero-order valence-electron chi connectivity index (χ0n) is 14.3. The van der Waals surface area contributed by atoms with Crippen LogP contribution >= 0.6 is 22.9 Å². The van der Waals surface area contributed by atoms with Gasteiger partial charge in [0.25, 0.3) is 0 Å². The maximum Gasteiger partial charge on any atom is 0.131 e. The average molecular weight is 382 g/mol. The topological polar surface area (TPSA) is 30.5 Å². The minimum absolute atomic E-state index is 0.110. The quantitative estimate of drug-likeness (QED) is 0.808. The maximum atomic E-state index is 14.6. The summed E-state index contributed by atoms with van der Waals surface area (Å²) in [6.45, 7) is 2.81. The van der Waals surface area contributed by atoms with Gasteiger partial charge < -0.3 is 14.8 Å². The molecule has 0 saturated carbocycles. The number of halogens is 2. The van der Waals surface area contributed by atoms with Crippen molar-refractivity contribution in [3.63, 3.8) is 0 Å². The highest BCUT2D eigenvalue weighted by Gasteiger charge is 2.46. The third kappa shape index (κ3) is 3.08. The molecule has 2 aromatic rings. The molecule has 6 heteroatoms. The van der Waals surface area contributed by atoms with Crippen molar-refractivity contribution >= 4 is 22.9 Å². The number of methoxy groups -OCH3 is 1. The fourth-order valence-corrected chi connectivity index (χ4v) is 5.64. The van der Waals surface area contributed by atoms with E-state index in [0.29, 0.717) is 24.3 Å². The van der Waals surface area contributed by atoms with Gasteiger partial charge in [0.05, 0.1) is 18.1 Å². The van der Waals surface area contributed by atoms with Crippen molar-refractivity contribution in [2.24, 2.45) is 0 Å². The van der Waals surface area contributed by atoms with Gasteiger partial charge in [0.15, 0.2) is 0 Å². The van der Waals surface area contributed by atoms with Crippen LogP contribution in [0.4, 0.5) is 4.39 Å². The molecular formula is C19H21ClFNO2S. The van der Waals surface area contributed by atoms with Crippen LogP contribution in [0.2, 0.25) is 4.34 Å². The Bertz CT molecular complexity index is 796. The van der Waals surface area contributed by atoms with E-state index in [0.717, 1.165) is 17.2 Å². The molecule has 0 radical (unpaired) electrons. The van der Waals surface area contributed by atoms with Crippen LogP contribution in [0.1, 0.15) is 41.8 Å². The van der Waals surface area contributed by atoms with Gasteiger partial charge in [-0.15, -0.1) is 11.3 Å². The molecule has 3 atom stereocenters. The summed E-state index contributed by atoms with van der Waals surface area (Å²) in [5, 5.41) is 3.53.